The van der Waals surface area contributed by atoms with Crippen LogP contribution in [0.15, 0.2) is 78.9 Å². The van der Waals surface area contributed by atoms with Crippen molar-refractivity contribution in [1.29, 1.82) is 0 Å². The number of anilines is 1. The monoisotopic (exact) mass is 477 g/mol. The summed E-state index contributed by atoms with van der Waals surface area (Å²) in [5.41, 5.74) is 8.27. The molecular formula is C31H31N3O2. The number of nitrogens with zero attached hydrogens (tertiary/aromatic N) is 2. The van der Waals surface area contributed by atoms with Crippen molar-refractivity contribution in [3.05, 3.63) is 113 Å². The van der Waals surface area contributed by atoms with Crippen molar-refractivity contribution in [1.82, 2.24) is 9.97 Å². The van der Waals surface area contributed by atoms with Crippen LogP contribution < -0.4 is 5.32 Å². The lowest BCUT2D eigenvalue weighted by Gasteiger charge is -2.21. The molecule has 1 heterocycles. The van der Waals surface area contributed by atoms with Gasteiger partial charge in [-0.05, 0) is 60.8 Å². The molecule has 0 bridgehead atoms. The highest BCUT2D eigenvalue weighted by Gasteiger charge is 2.22. The summed E-state index contributed by atoms with van der Waals surface area (Å²) in [4.78, 5) is 22.9. The Hall–Kier alpha value is -3.83. The van der Waals surface area contributed by atoms with Crippen LogP contribution in [0.3, 0.4) is 0 Å². The number of rotatable bonds is 9. The standard InChI is InChI=1S/C31H31N3O2/c35-21-24-14-17-26-25(20-24)16-19-27-30(26)32-28(18-15-23-10-5-2-6-11-23)31(33-27)34-29(36)13-7-12-22-8-3-1-4-9-22/h1-6,8-11,14,17,20,35H,7,12-13,15-16,18-19,21H2,(H,33,34,36). The van der Waals surface area contributed by atoms with E-state index in [-0.39, 0.29) is 12.5 Å². The van der Waals surface area contributed by atoms with E-state index in [2.05, 4.69) is 35.6 Å². The number of carbonyl (C=O) groups is 1. The number of carbonyl (C=O) groups excluding carboxylic acids is 1. The number of hydrogen-bond acceptors (Lipinski definition) is 4. The molecule has 1 aliphatic carbocycles. The molecule has 3 aromatic carbocycles. The molecule has 0 spiro atoms. The molecule has 36 heavy (non-hydrogen) atoms. The van der Waals surface area contributed by atoms with Crippen LogP contribution in [0, 0.1) is 0 Å². The highest BCUT2D eigenvalue weighted by atomic mass is 16.3. The Balaban J connectivity index is 1.37. The van der Waals surface area contributed by atoms with Gasteiger partial charge in [0.2, 0.25) is 5.91 Å². The maximum absolute atomic E-state index is 12.9. The first kappa shape index (κ1) is 23.9. The zero-order valence-electron chi connectivity index (χ0n) is 20.4. The first-order valence-electron chi connectivity index (χ1n) is 12.7. The smallest absolute Gasteiger partial charge is 0.225 e. The van der Waals surface area contributed by atoms with Crippen LogP contribution in [0.2, 0.25) is 0 Å². The van der Waals surface area contributed by atoms with Crippen LogP contribution >= 0.6 is 0 Å². The molecule has 5 nitrogen and oxygen atoms in total. The topological polar surface area (TPSA) is 75.1 Å². The van der Waals surface area contributed by atoms with E-state index in [0.29, 0.717) is 18.7 Å². The van der Waals surface area contributed by atoms with Gasteiger partial charge in [0.1, 0.15) is 0 Å². The molecule has 1 aromatic heterocycles. The highest BCUT2D eigenvalue weighted by molar-refractivity contribution is 5.90. The molecule has 0 fully saturated rings. The summed E-state index contributed by atoms with van der Waals surface area (Å²) < 4.78 is 0. The molecule has 0 saturated heterocycles. The van der Waals surface area contributed by atoms with Gasteiger partial charge >= 0.3 is 0 Å². The van der Waals surface area contributed by atoms with E-state index in [9.17, 15) is 9.90 Å². The molecule has 1 aliphatic rings. The van der Waals surface area contributed by atoms with Gasteiger partial charge in [-0.2, -0.15) is 0 Å². The third kappa shape index (κ3) is 5.69. The maximum atomic E-state index is 12.9. The van der Waals surface area contributed by atoms with Crippen molar-refractivity contribution in [2.75, 3.05) is 5.32 Å². The second-order valence-corrected chi connectivity index (χ2v) is 9.34. The molecule has 4 aromatic rings. The normalized spacial score (nSPS) is 12.0. The molecule has 1 amide bonds. The van der Waals surface area contributed by atoms with Crippen LogP contribution in [-0.4, -0.2) is 21.0 Å². The summed E-state index contributed by atoms with van der Waals surface area (Å²) in [5.74, 6) is 0.565. The molecule has 0 unspecified atom stereocenters. The number of aliphatic hydroxyl groups is 1. The third-order valence-corrected chi connectivity index (χ3v) is 6.74. The fourth-order valence-corrected chi connectivity index (χ4v) is 4.81. The number of fused-ring (bicyclic) bond motifs is 3. The van der Waals surface area contributed by atoms with E-state index in [0.717, 1.165) is 60.3 Å². The van der Waals surface area contributed by atoms with Crippen LogP contribution in [-0.2, 0) is 43.5 Å². The number of benzene rings is 3. The number of aromatic nitrogens is 2. The Kier molecular flexibility index (Phi) is 7.48. The van der Waals surface area contributed by atoms with E-state index in [4.69, 9.17) is 9.97 Å². The lowest BCUT2D eigenvalue weighted by atomic mass is 9.90. The molecule has 182 valence electrons. The van der Waals surface area contributed by atoms with Crippen molar-refractivity contribution in [2.24, 2.45) is 0 Å². The summed E-state index contributed by atoms with van der Waals surface area (Å²) in [6, 6.07) is 26.6. The van der Waals surface area contributed by atoms with Crippen molar-refractivity contribution in [3.8, 4) is 11.3 Å². The zero-order valence-corrected chi connectivity index (χ0v) is 20.4. The van der Waals surface area contributed by atoms with Gasteiger partial charge in [-0.15, -0.1) is 0 Å². The van der Waals surface area contributed by atoms with Crippen LogP contribution in [0.1, 0.15) is 46.5 Å². The van der Waals surface area contributed by atoms with E-state index < -0.39 is 0 Å². The Labute approximate surface area is 212 Å². The van der Waals surface area contributed by atoms with E-state index >= 15 is 0 Å². The predicted octanol–water partition coefficient (Wildman–Crippen LogP) is 5.48. The maximum Gasteiger partial charge on any atom is 0.225 e. The molecule has 2 N–H and O–H groups in total. The van der Waals surface area contributed by atoms with Gasteiger partial charge in [0.15, 0.2) is 5.82 Å². The van der Waals surface area contributed by atoms with E-state index in [1.54, 1.807) is 0 Å². The van der Waals surface area contributed by atoms with Crippen LogP contribution in [0.5, 0.6) is 0 Å². The molecule has 0 aliphatic heterocycles. The summed E-state index contributed by atoms with van der Waals surface area (Å²) in [6.45, 7) is 0.0311. The highest BCUT2D eigenvalue weighted by Crippen LogP contribution is 2.33. The predicted molar refractivity (Wildman–Crippen MR) is 143 cm³/mol. The van der Waals surface area contributed by atoms with Gasteiger partial charge in [0.05, 0.1) is 23.7 Å². The summed E-state index contributed by atoms with van der Waals surface area (Å²) in [7, 11) is 0. The number of hydrogen-bond donors (Lipinski definition) is 2. The van der Waals surface area contributed by atoms with Crippen LogP contribution in [0.25, 0.3) is 11.3 Å². The SMILES string of the molecule is O=C(CCCc1ccccc1)Nc1nc2c(nc1CCc1ccccc1)-c1ccc(CO)cc1CC2. The molecular weight excluding hydrogens is 446 g/mol. The first-order chi connectivity index (χ1) is 17.7. The van der Waals surface area contributed by atoms with Crippen LogP contribution in [0.4, 0.5) is 5.82 Å². The quantitative estimate of drug-likeness (QED) is 0.335. The van der Waals surface area contributed by atoms with E-state index in [1.807, 2.05) is 48.5 Å². The second kappa shape index (κ2) is 11.3. The Bertz CT molecular complexity index is 1340. The second-order valence-electron chi connectivity index (χ2n) is 9.34. The average Bonchev–Trinajstić information content (AvgIpc) is 2.92. The minimum atomic E-state index is -0.0232. The Morgan fingerprint density at radius 2 is 1.53 bits per heavy atom. The fourth-order valence-electron chi connectivity index (χ4n) is 4.81. The lowest BCUT2D eigenvalue weighted by molar-refractivity contribution is -0.116. The minimum Gasteiger partial charge on any atom is -0.392 e. The molecule has 5 rings (SSSR count). The average molecular weight is 478 g/mol. The van der Waals surface area contributed by atoms with E-state index in [1.165, 1.54) is 16.7 Å². The van der Waals surface area contributed by atoms with Crippen molar-refractivity contribution in [2.45, 2.75) is 51.6 Å². The summed E-state index contributed by atoms with van der Waals surface area (Å²) >= 11 is 0. The fraction of sp³-hybridized carbons (Fsp3) is 0.258. The van der Waals surface area contributed by atoms with Gasteiger partial charge in [0.25, 0.3) is 0 Å². The Morgan fingerprint density at radius 3 is 2.25 bits per heavy atom. The minimum absolute atomic E-state index is 0.0232. The molecule has 0 radical (unpaired) electrons. The van der Waals surface area contributed by atoms with Gasteiger partial charge < -0.3 is 10.4 Å². The van der Waals surface area contributed by atoms with Crippen molar-refractivity contribution >= 4 is 11.7 Å². The number of nitrogens with one attached hydrogen (secondary N) is 1. The summed E-state index contributed by atoms with van der Waals surface area (Å²) in [5, 5.41) is 12.6. The van der Waals surface area contributed by atoms with Crippen molar-refractivity contribution in [3.63, 3.8) is 0 Å². The Morgan fingerprint density at radius 1 is 0.806 bits per heavy atom. The number of aliphatic hydroxyl groups excluding tert-OH is 1. The van der Waals surface area contributed by atoms with Gasteiger partial charge in [-0.25, -0.2) is 9.97 Å². The van der Waals surface area contributed by atoms with Gasteiger partial charge in [-0.3, -0.25) is 4.79 Å². The third-order valence-electron chi connectivity index (χ3n) is 6.74. The van der Waals surface area contributed by atoms with Gasteiger partial charge in [-0.1, -0.05) is 78.9 Å². The largest absolute Gasteiger partial charge is 0.392 e. The lowest BCUT2D eigenvalue weighted by Crippen LogP contribution is -2.18. The zero-order chi connectivity index (χ0) is 24.7. The number of aryl methyl sites for hydroxylation is 5. The summed E-state index contributed by atoms with van der Waals surface area (Å²) in [6.07, 6.45) is 5.22. The number of amides is 1. The van der Waals surface area contributed by atoms with Gasteiger partial charge in [0, 0.05) is 12.0 Å². The molecule has 5 heteroatoms. The first-order valence-corrected chi connectivity index (χ1v) is 12.7. The molecule has 0 saturated carbocycles. The molecule has 0 atom stereocenters. The van der Waals surface area contributed by atoms with Crippen molar-refractivity contribution < 1.29 is 9.90 Å².